The fourth-order valence-electron chi connectivity index (χ4n) is 1.76. The average Bonchev–Trinajstić information content (AvgIpc) is 2.91. The molecule has 0 saturated heterocycles. The van der Waals surface area contributed by atoms with Crippen LogP contribution in [-0.2, 0) is 6.42 Å². The number of nitrogens with zero attached hydrogens (tertiary/aromatic N) is 3. The highest BCUT2D eigenvalue weighted by Gasteiger charge is 2.07. The van der Waals surface area contributed by atoms with E-state index in [4.69, 9.17) is 0 Å². The van der Waals surface area contributed by atoms with E-state index in [2.05, 4.69) is 48.4 Å². The van der Waals surface area contributed by atoms with Crippen molar-refractivity contribution in [3.63, 3.8) is 0 Å². The van der Waals surface area contributed by atoms with Crippen molar-refractivity contribution in [2.24, 2.45) is 0 Å². The van der Waals surface area contributed by atoms with Crippen molar-refractivity contribution >= 4 is 27.3 Å². The summed E-state index contributed by atoms with van der Waals surface area (Å²) in [5.74, 6) is 0. The molecule has 0 unspecified atom stereocenters. The molecule has 0 fully saturated rings. The molecule has 0 aliphatic heterocycles. The van der Waals surface area contributed by atoms with Crippen LogP contribution >= 0.6 is 27.3 Å². The zero-order valence-electron chi connectivity index (χ0n) is 9.95. The van der Waals surface area contributed by atoms with Crippen LogP contribution in [0.25, 0.3) is 11.3 Å². The Balaban J connectivity index is 1.85. The average molecular weight is 332 g/mol. The fraction of sp³-hybridized carbons (Fsp3) is 0.0714. The summed E-state index contributed by atoms with van der Waals surface area (Å²) in [6, 6.07) is 10.2. The first-order valence-electron chi connectivity index (χ1n) is 5.77. The first-order valence-corrected chi connectivity index (χ1v) is 7.44. The van der Waals surface area contributed by atoms with Crippen molar-refractivity contribution in [2.75, 3.05) is 0 Å². The lowest BCUT2D eigenvalue weighted by molar-refractivity contribution is 1.03. The van der Waals surface area contributed by atoms with E-state index in [9.17, 15) is 0 Å². The van der Waals surface area contributed by atoms with Crippen LogP contribution < -0.4 is 0 Å². The van der Waals surface area contributed by atoms with E-state index < -0.39 is 0 Å². The Morgan fingerprint density at radius 2 is 2.00 bits per heavy atom. The van der Waals surface area contributed by atoms with Gasteiger partial charge in [-0.15, -0.1) is 11.3 Å². The highest BCUT2D eigenvalue weighted by atomic mass is 79.9. The van der Waals surface area contributed by atoms with Gasteiger partial charge in [-0.2, -0.15) is 0 Å². The van der Waals surface area contributed by atoms with E-state index in [1.165, 1.54) is 6.33 Å². The summed E-state index contributed by atoms with van der Waals surface area (Å²) in [6.07, 6.45) is 4.10. The van der Waals surface area contributed by atoms with Crippen LogP contribution in [0, 0.1) is 0 Å². The van der Waals surface area contributed by atoms with Crippen LogP contribution in [0.2, 0.25) is 0 Å². The zero-order valence-corrected chi connectivity index (χ0v) is 12.4. The Morgan fingerprint density at radius 3 is 2.79 bits per heavy atom. The fourth-order valence-corrected chi connectivity index (χ4v) is 2.92. The van der Waals surface area contributed by atoms with Crippen molar-refractivity contribution in [3.8, 4) is 11.3 Å². The Morgan fingerprint density at radius 1 is 1.16 bits per heavy atom. The first kappa shape index (κ1) is 12.4. The summed E-state index contributed by atoms with van der Waals surface area (Å²) in [5.41, 5.74) is 3.22. The molecule has 1 aromatic carbocycles. The largest absolute Gasteiger partial charge is 0.244 e. The second-order valence-corrected chi connectivity index (χ2v) is 5.70. The smallest absolute Gasteiger partial charge is 0.116 e. The van der Waals surface area contributed by atoms with E-state index in [-0.39, 0.29) is 0 Å². The standard InChI is InChI=1S/C14H10BrN3S/c15-14-11(7-16-9-17-14)6-13-18-12(8-19-13)10-4-2-1-3-5-10/h1-5,7-9H,6H2. The van der Waals surface area contributed by atoms with Crippen molar-refractivity contribution in [3.05, 3.63) is 63.4 Å². The predicted octanol–water partition coefficient (Wildman–Crippen LogP) is 3.95. The van der Waals surface area contributed by atoms with Gasteiger partial charge in [0.1, 0.15) is 10.9 Å². The van der Waals surface area contributed by atoms with Crippen LogP contribution in [0.3, 0.4) is 0 Å². The topological polar surface area (TPSA) is 38.7 Å². The normalized spacial score (nSPS) is 10.6. The van der Waals surface area contributed by atoms with Gasteiger partial charge >= 0.3 is 0 Å². The molecule has 3 aromatic rings. The van der Waals surface area contributed by atoms with Crippen LogP contribution in [0.4, 0.5) is 0 Å². The molecule has 0 bridgehead atoms. The Labute approximate surface area is 123 Å². The van der Waals surface area contributed by atoms with E-state index in [0.29, 0.717) is 0 Å². The van der Waals surface area contributed by atoms with Gasteiger partial charge < -0.3 is 0 Å². The molecule has 0 saturated carbocycles. The Kier molecular flexibility index (Phi) is 3.66. The maximum atomic E-state index is 4.66. The van der Waals surface area contributed by atoms with Gasteiger partial charge in [-0.3, -0.25) is 0 Å². The molecule has 0 aliphatic rings. The third-order valence-corrected chi connectivity index (χ3v) is 4.26. The van der Waals surface area contributed by atoms with Gasteiger partial charge in [-0.05, 0) is 15.9 Å². The monoisotopic (exact) mass is 331 g/mol. The summed E-state index contributed by atoms with van der Waals surface area (Å²) >= 11 is 5.09. The van der Waals surface area contributed by atoms with Crippen LogP contribution in [0.5, 0.6) is 0 Å². The van der Waals surface area contributed by atoms with E-state index in [0.717, 1.165) is 32.9 Å². The van der Waals surface area contributed by atoms with Crippen molar-refractivity contribution in [1.29, 1.82) is 0 Å². The molecule has 19 heavy (non-hydrogen) atoms. The Hall–Kier alpha value is -1.59. The Bertz CT molecular complexity index is 682. The van der Waals surface area contributed by atoms with Crippen LogP contribution in [0.15, 0.2) is 52.8 Å². The molecule has 0 atom stereocenters. The second-order valence-electron chi connectivity index (χ2n) is 4.01. The molecular weight excluding hydrogens is 322 g/mol. The molecule has 0 radical (unpaired) electrons. The minimum atomic E-state index is 0.749. The lowest BCUT2D eigenvalue weighted by Gasteiger charge is -1.99. The van der Waals surface area contributed by atoms with Crippen LogP contribution in [-0.4, -0.2) is 15.0 Å². The number of hydrogen-bond donors (Lipinski definition) is 0. The zero-order chi connectivity index (χ0) is 13.1. The molecule has 0 aliphatic carbocycles. The van der Waals surface area contributed by atoms with E-state index >= 15 is 0 Å². The van der Waals surface area contributed by atoms with Gasteiger partial charge in [-0.25, -0.2) is 15.0 Å². The van der Waals surface area contributed by atoms with Gasteiger partial charge in [0, 0.05) is 29.1 Å². The first-order chi connectivity index (χ1) is 9.33. The van der Waals surface area contributed by atoms with Crippen molar-refractivity contribution < 1.29 is 0 Å². The molecule has 94 valence electrons. The number of aromatic nitrogens is 3. The van der Waals surface area contributed by atoms with Gasteiger partial charge in [-0.1, -0.05) is 30.3 Å². The molecule has 2 heterocycles. The van der Waals surface area contributed by atoms with Gasteiger partial charge in [0.25, 0.3) is 0 Å². The van der Waals surface area contributed by atoms with Crippen molar-refractivity contribution in [2.45, 2.75) is 6.42 Å². The van der Waals surface area contributed by atoms with E-state index in [1.807, 2.05) is 24.4 Å². The predicted molar refractivity (Wildman–Crippen MR) is 80.1 cm³/mol. The molecule has 0 N–H and O–H groups in total. The highest BCUT2D eigenvalue weighted by molar-refractivity contribution is 9.10. The summed E-state index contributed by atoms with van der Waals surface area (Å²) in [6.45, 7) is 0. The lowest BCUT2D eigenvalue weighted by atomic mass is 10.2. The van der Waals surface area contributed by atoms with Gasteiger partial charge in [0.05, 0.1) is 10.7 Å². The van der Waals surface area contributed by atoms with E-state index in [1.54, 1.807) is 11.3 Å². The third-order valence-electron chi connectivity index (χ3n) is 2.70. The second kappa shape index (κ2) is 5.59. The molecule has 3 rings (SSSR count). The number of thiazole rings is 1. The van der Waals surface area contributed by atoms with Crippen LogP contribution in [0.1, 0.15) is 10.6 Å². The quantitative estimate of drug-likeness (QED) is 0.682. The minimum Gasteiger partial charge on any atom is -0.244 e. The molecule has 0 spiro atoms. The third kappa shape index (κ3) is 2.88. The van der Waals surface area contributed by atoms with Gasteiger partial charge in [0.15, 0.2) is 0 Å². The SMILES string of the molecule is Brc1ncncc1Cc1nc(-c2ccccc2)cs1. The summed E-state index contributed by atoms with van der Waals surface area (Å²) in [4.78, 5) is 12.8. The maximum Gasteiger partial charge on any atom is 0.116 e. The molecule has 5 heteroatoms. The summed E-state index contributed by atoms with van der Waals surface area (Å²) < 4.78 is 0.832. The molecule has 0 amide bonds. The summed E-state index contributed by atoms with van der Waals surface area (Å²) in [7, 11) is 0. The molecular formula is C14H10BrN3S. The lowest BCUT2D eigenvalue weighted by Crippen LogP contribution is -1.92. The summed E-state index contributed by atoms with van der Waals surface area (Å²) in [5, 5.41) is 3.15. The number of benzene rings is 1. The minimum absolute atomic E-state index is 0.749. The molecule has 3 nitrogen and oxygen atoms in total. The number of halogens is 1. The van der Waals surface area contributed by atoms with Crippen molar-refractivity contribution in [1.82, 2.24) is 15.0 Å². The number of rotatable bonds is 3. The maximum absolute atomic E-state index is 4.66. The highest BCUT2D eigenvalue weighted by Crippen LogP contribution is 2.24. The van der Waals surface area contributed by atoms with Gasteiger partial charge in [0.2, 0.25) is 0 Å². The molecule has 2 aromatic heterocycles. The number of hydrogen-bond acceptors (Lipinski definition) is 4.